The van der Waals surface area contributed by atoms with Crippen LogP contribution in [0.15, 0.2) is 11.6 Å². The van der Waals surface area contributed by atoms with Gasteiger partial charge in [-0.25, -0.2) is 4.79 Å². The van der Waals surface area contributed by atoms with Crippen LogP contribution in [0.5, 0.6) is 0 Å². The van der Waals surface area contributed by atoms with Crippen molar-refractivity contribution >= 4 is 11.8 Å². The minimum Gasteiger partial charge on any atom is -0.479 e. The maximum atomic E-state index is 12.0. The Hall–Kier alpha value is -1.16. The first kappa shape index (κ1) is 19.2. The second-order valence-corrected chi connectivity index (χ2v) is 7.56. The van der Waals surface area contributed by atoms with Crippen molar-refractivity contribution in [3.63, 3.8) is 0 Å². The molecule has 0 heterocycles. The van der Waals surface area contributed by atoms with E-state index in [0.29, 0.717) is 25.0 Å². The maximum Gasteiger partial charge on any atom is 0.335 e. The molecule has 1 fully saturated rings. The van der Waals surface area contributed by atoms with Crippen LogP contribution in [0.4, 0.5) is 0 Å². The Morgan fingerprint density at radius 2 is 1.96 bits per heavy atom. The van der Waals surface area contributed by atoms with Crippen LogP contribution in [0, 0.1) is 11.8 Å². The molecule has 0 aromatic carbocycles. The Labute approximate surface area is 145 Å². The highest BCUT2D eigenvalue weighted by Gasteiger charge is 2.44. The largest absolute Gasteiger partial charge is 0.479 e. The lowest BCUT2D eigenvalue weighted by Crippen LogP contribution is -2.44. The van der Waals surface area contributed by atoms with Crippen molar-refractivity contribution in [3.8, 4) is 0 Å². The number of carboxylic acid groups (broad SMARTS) is 1. The quantitative estimate of drug-likeness (QED) is 0.462. The predicted octanol–water partition coefficient (Wildman–Crippen LogP) is 4.26. The third-order valence-electron chi connectivity index (χ3n) is 5.89. The number of Topliss-reactive ketones (excluding diaryl/α,β-unsaturated/α-hetero) is 1. The van der Waals surface area contributed by atoms with Gasteiger partial charge in [0.05, 0.1) is 0 Å². The number of aliphatic carboxylic acids is 1. The van der Waals surface area contributed by atoms with E-state index >= 15 is 0 Å². The molecule has 1 saturated carbocycles. The predicted molar refractivity (Wildman–Crippen MR) is 93.7 cm³/mol. The first-order valence-corrected chi connectivity index (χ1v) is 9.66. The molecule has 2 aliphatic rings. The molecular weight excluding hydrogens is 304 g/mol. The Balaban J connectivity index is 1.74. The summed E-state index contributed by atoms with van der Waals surface area (Å²) in [6.07, 6.45) is 12.2. The number of hydrogen-bond acceptors (Lipinski definition) is 3. The van der Waals surface area contributed by atoms with Gasteiger partial charge in [0.25, 0.3) is 0 Å². The number of carboxylic acids is 1. The van der Waals surface area contributed by atoms with Crippen LogP contribution in [0.3, 0.4) is 0 Å². The van der Waals surface area contributed by atoms with Gasteiger partial charge < -0.3 is 10.2 Å². The fourth-order valence-electron chi connectivity index (χ4n) is 4.44. The lowest BCUT2D eigenvalue weighted by molar-refractivity contribution is -0.166. The molecule has 136 valence electrons. The number of aliphatic hydroxyl groups is 1. The highest BCUT2D eigenvalue weighted by atomic mass is 16.4. The topological polar surface area (TPSA) is 74.6 Å². The van der Waals surface area contributed by atoms with E-state index < -0.39 is 11.6 Å². The number of carbonyl (C=O) groups excluding carboxylic acids is 1. The number of ketones is 1. The normalized spacial score (nSPS) is 24.2. The zero-order valence-corrected chi connectivity index (χ0v) is 14.9. The molecule has 2 atom stereocenters. The Morgan fingerprint density at radius 1 is 1.25 bits per heavy atom. The standard InChI is InChI=1S/C20H32O4/c1-2-8-15-12-13-18(21)17(15)11-4-3-7-14-20(24,19(22)23)16-9-5-6-10-16/h12,16-17,24H,2-11,13-14H2,1H3,(H,22,23)/t17-,20?/m1/s1. The zero-order valence-electron chi connectivity index (χ0n) is 14.9. The van der Waals surface area contributed by atoms with Crippen LogP contribution < -0.4 is 0 Å². The third-order valence-corrected chi connectivity index (χ3v) is 5.89. The van der Waals surface area contributed by atoms with Gasteiger partial charge in [0, 0.05) is 12.3 Å². The number of rotatable bonds is 10. The van der Waals surface area contributed by atoms with Crippen molar-refractivity contribution in [2.24, 2.45) is 11.8 Å². The summed E-state index contributed by atoms with van der Waals surface area (Å²) >= 11 is 0. The van der Waals surface area contributed by atoms with Gasteiger partial charge >= 0.3 is 5.97 Å². The van der Waals surface area contributed by atoms with Crippen LogP contribution in [-0.2, 0) is 9.59 Å². The molecule has 2 N–H and O–H groups in total. The molecule has 0 aliphatic heterocycles. The second kappa shape index (κ2) is 8.80. The van der Waals surface area contributed by atoms with Crippen molar-refractivity contribution in [1.82, 2.24) is 0 Å². The molecule has 2 rings (SSSR count). The lowest BCUT2D eigenvalue weighted by Gasteiger charge is -2.29. The second-order valence-electron chi connectivity index (χ2n) is 7.56. The van der Waals surface area contributed by atoms with E-state index in [-0.39, 0.29) is 11.8 Å². The van der Waals surface area contributed by atoms with Gasteiger partial charge in [-0.3, -0.25) is 4.79 Å². The lowest BCUT2D eigenvalue weighted by atomic mass is 9.81. The van der Waals surface area contributed by atoms with E-state index in [0.717, 1.165) is 57.8 Å². The Morgan fingerprint density at radius 3 is 2.58 bits per heavy atom. The number of unbranched alkanes of at least 4 members (excludes halogenated alkanes) is 2. The molecule has 0 aromatic heterocycles. The smallest absolute Gasteiger partial charge is 0.335 e. The summed E-state index contributed by atoms with van der Waals surface area (Å²) in [7, 11) is 0. The monoisotopic (exact) mass is 336 g/mol. The summed E-state index contributed by atoms with van der Waals surface area (Å²) in [4.78, 5) is 23.5. The molecule has 0 amide bonds. The molecule has 0 aromatic rings. The first-order valence-electron chi connectivity index (χ1n) is 9.66. The number of allylic oxidation sites excluding steroid dienone is 2. The van der Waals surface area contributed by atoms with Crippen LogP contribution in [-0.4, -0.2) is 27.6 Å². The maximum absolute atomic E-state index is 12.0. The summed E-state index contributed by atoms with van der Waals surface area (Å²) in [5.74, 6) is -0.719. The van der Waals surface area contributed by atoms with Crippen molar-refractivity contribution in [2.75, 3.05) is 0 Å². The van der Waals surface area contributed by atoms with E-state index in [1.165, 1.54) is 5.57 Å². The molecule has 4 heteroatoms. The average Bonchev–Trinajstić information content (AvgIpc) is 3.19. The third kappa shape index (κ3) is 4.47. The summed E-state index contributed by atoms with van der Waals surface area (Å²) in [6.45, 7) is 2.14. The van der Waals surface area contributed by atoms with Crippen molar-refractivity contribution < 1.29 is 19.8 Å². The van der Waals surface area contributed by atoms with Gasteiger partial charge in [-0.2, -0.15) is 0 Å². The van der Waals surface area contributed by atoms with Crippen LogP contribution in [0.2, 0.25) is 0 Å². The fourth-order valence-corrected chi connectivity index (χ4v) is 4.44. The molecule has 1 unspecified atom stereocenters. The molecule has 0 spiro atoms. The van der Waals surface area contributed by atoms with Crippen LogP contribution in [0.25, 0.3) is 0 Å². The highest BCUT2D eigenvalue weighted by Crippen LogP contribution is 2.38. The van der Waals surface area contributed by atoms with Crippen LogP contribution >= 0.6 is 0 Å². The van der Waals surface area contributed by atoms with Crippen LogP contribution in [0.1, 0.15) is 84.0 Å². The van der Waals surface area contributed by atoms with Crippen molar-refractivity contribution in [1.29, 1.82) is 0 Å². The molecule has 24 heavy (non-hydrogen) atoms. The SMILES string of the molecule is CCCC1=CCC(=O)[C@@H]1CCCCCC(O)(C(=O)O)C1CCCC1. The number of hydrogen-bond donors (Lipinski definition) is 2. The molecule has 0 radical (unpaired) electrons. The molecule has 2 aliphatic carbocycles. The van der Waals surface area contributed by atoms with E-state index in [9.17, 15) is 19.8 Å². The minimum atomic E-state index is -1.55. The van der Waals surface area contributed by atoms with Gasteiger partial charge in [-0.15, -0.1) is 0 Å². The van der Waals surface area contributed by atoms with Gasteiger partial charge in [0.1, 0.15) is 5.78 Å². The summed E-state index contributed by atoms with van der Waals surface area (Å²) < 4.78 is 0. The minimum absolute atomic E-state index is 0.0921. The Bertz CT molecular complexity index is 476. The fraction of sp³-hybridized carbons (Fsp3) is 0.800. The summed E-state index contributed by atoms with van der Waals surface area (Å²) in [6, 6.07) is 0. The average molecular weight is 336 g/mol. The van der Waals surface area contributed by atoms with Gasteiger partial charge in [0.15, 0.2) is 5.60 Å². The highest BCUT2D eigenvalue weighted by molar-refractivity contribution is 5.88. The van der Waals surface area contributed by atoms with Gasteiger partial charge in [0.2, 0.25) is 0 Å². The molecule has 4 nitrogen and oxygen atoms in total. The van der Waals surface area contributed by atoms with Gasteiger partial charge in [-0.1, -0.05) is 50.7 Å². The molecular formula is C20H32O4. The number of carbonyl (C=O) groups is 2. The van der Waals surface area contributed by atoms with E-state index in [1.54, 1.807) is 0 Å². The summed E-state index contributed by atoms with van der Waals surface area (Å²) in [5.41, 5.74) is -0.247. The first-order chi connectivity index (χ1) is 11.5. The Kier molecular flexibility index (Phi) is 7.02. The van der Waals surface area contributed by atoms with Crippen molar-refractivity contribution in [3.05, 3.63) is 11.6 Å². The summed E-state index contributed by atoms with van der Waals surface area (Å²) in [5, 5.41) is 20.0. The van der Waals surface area contributed by atoms with Crippen molar-refractivity contribution in [2.45, 2.75) is 89.6 Å². The van der Waals surface area contributed by atoms with E-state index in [4.69, 9.17) is 0 Å². The molecule has 0 saturated heterocycles. The van der Waals surface area contributed by atoms with E-state index in [2.05, 4.69) is 13.0 Å². The molecule has 0 bridgehead atoms. The zero-order chi connectivity index (χ0) is 17.6. The van der Waals surface area contributed by atoms with Gasteiger partial charge in [-0.05, 0) is 44.4 Å². The van der Waals surface area contributed by atoms with E-state index in [1.807, 2.05) is 0 Å².